The molecular weight excluding hydrogens is 316 g/mol. The number of likely N-dealkylation sites (tertiary alicyclic amines) is 1. The summed E-state index contributed by atoms with van der Waals surface area (Å²) in [6.07, 6.45) is 5.59. The largest absolute Gasteiger partial charge is 0.333 e. The molecule has 6 heteroatoms. The van der Waals surface area contributed by atoms with E-state index in [0.717, 1.165) is 24.1 Å². The first-order chi connectivity index (χ1) is 12.1. The van der Waals surface area contributed by atoms with Crippen LogP contribution in [0.25, 0.3) is 0 Å². The molecule has 2 amide bonds. The maximum absolute atomic E-state index is 13.1. The third-order valence-electron chi connectivity index (χ3n) is 5.61. The Kier molecular flexibility index (Phi) is 3.63. The zero-order valence-corrected chi connectivity index (χ0v) is 14.5. The van der Waals surface area contributed by atoms with Crippen LogP contribution in [0.2, 0.25) is 0 Å². The highest BCUT2D eigenvalue weighted by molar-refractivity contribution is 6.08. The van der Waals surface area contributed by atoms with Crippen LogP contribution in [0, 0.1) is 0 Å². The molecule has 4 rings (SSSR count). The Morgan fingerprint density at radius 3 is 2.92 bits per heavy atom. The zero-order valence-electron chi connectivity index (χ0n) is 14.5. The third kappa shape index (κ3) is 2.13. The minimum absolute atomic E-state index is 0.0208. The number of aryl methyl sites for hydroxylation is 1. The Morgan fingerprint density at radius 2 is 2.20 bits per heavy atom. The first kappa shape index (κ1) is 15.9. The van der Waals surface area contributed by atoms with Gasteiger partial charge >= 0.3 is 0 Å². The van der Waals surface area contributed by atoms with Crippen molar-refractivity contribution in [1.29, 1.82) is 0 Å². The number of carbonyl (C=O) groups is 2. The standard InChI is InChI=1S/C19H22N4O2/c1-3-6-16-19(13-7-4-5-8-14(13)21-18(19)25)9-10-23(16)17(24)15-11-20-12-22(15)2/h4-5,7-8,11-12,16H,3,6,9-10H2,1-2H3,(H,21,25)/t16-,19+/m0/s1. The second-order valence-corrected chi connectivity index (χ2v) is 6.91. The molecule has 0 aliphatic carbocycles. The minimum atomic E-state index is -0.638. The van der Waals surface area contributed by atoms with Gasteiger partial charge in [-0.1, -0.05) is 31.5 Å². The first-order valence-electron chi connectivity index (χ1n) is 8.78. The minimum Gasteiger partial charge on any atom is -0.333 e. The number of para-hydroxylation sites is 1. The normalized spacial score (nSPS) is 24.6. The van der Waals surface area contributed by atoms with Crippen LogP contribution in [-0.2, 0) is 17.3 Å². The summed E-state index contributed by atoms with van der Waals surface area (Å²) in [6.45, 7) is 2.67. The fourth-order valence-electron chi connectivity index (χ4n) is 4.43. The number of hydrogen-bond acceptors (Lipinski definition) is 3. The van der Waals surface area contributed by atoms with Gasteiger partial charge in [0, 0.05) is 19.3 Å². The molecule has 0 unspecified atom stereocenters. The number of carbonyl (C=O) groups excluding carboxylic acids is 2. The Hall–Kier alpha value is -2.63. The number of benzene rings is 1. The van der Waals surface area contributed by atoms with Crippen molar-refractivity contribution in [3.63, 3.8) is 0 Å². The van der Waals surface area contributed by atoms with Gasteiger partial charge in [0.25, 0.3) is 5.91 Å². The van der Waals surface area contributed by atoms with Crippen LogP contribution >= 0.6 is 0 Å². The molecular formula is C19H22N4O2. The van der Waals surface area contributed by atoms with Crippen molar-refractivity contribution < 1.29 is 9.59 Å². The monoisotopic (exact) mass is 338 g/mol. The van der Waals surface area contributed by atoms with E-state index in [0.29, 0.717) is 18.7 Å². The molecule has 3 heterocycles. The van der Waals surface area contributed by atoms with Crippen molar-refractivity contribution in [3.8, 4) is 0 Å². The van der Waals surface area contributed by atoms with Gasteiger partial charge in [-0.25, -0.2) is 4.98 Å². The topological polar surface area (TPSA) is 67.2 Å². The fourth-order valence-corrected chi connectivity index (χ4v) is 4.43. The summed E-state index contributed by atoms with van der Waals surface area (Å²) in [5, 5.41) is 3.03. The molecule has 1 saturated heterocycles. The number of rotatable bonds is 3. The first-order valence-corrected chi connectivity index (χ1v) is 8.78. The van der Waals surface area contributed by atoms with Crippen LogP contribution in [0.5, 0.6) is 0 Å². The Bertz CT molecular complexity index is 843. The Balaban J connectivity index is 1.78. The van der Waals surface area contributed by atoms with Gasteiger partial charge in [0.1, 0.15) is 5.69 Å². The number of aromatic nitrogens is 2. The van der Waals surface area contributed by atoms with E-state index < -0.39 is 5.41 Å². The molecule has 0 radical (unpaired) electrons. The van der Waals surface area contributed by atoms with E-state index in [9.17, 15) is 9.59 Å². The molecule has 2 aromatic rings. The van der Waals surface area contributed by atoms with Crippen molar-refractivity contribution in [1.82, 2.24) is 14.5 Å². The summed E-state index contributed by atoms with van der Waals surface area (Å²) >= 11 is 0. The highest BCUT2D eigenvalue weighted by atomic mass is 16.2. The van der Waals surface area contributed by atoms with E-state index in [1.165, 1.54) is 0 Å². The second kappa shape index (κ2) is 5.72. The molecule has 2 aliphatic rings. The number of nitrogens with one attached hydrogen (secondary N) is 1. The van der Waals surface area contributed by atoms with Crippen molar-refractivity contribution in [2.45, 2.75) is 37.6 Å². The van der Waals surface area contributed by atoms with Crippen LogP contribution in [0.3, 0.4) is 0 Å². The van der Waals surface area contributed by atoms with Gasteiger partial charge in [-0.05, 0) is 24.5 Å². The highest BCUT2D eigenvalue weighted by Crippen LogP contribution is 2.49. The number of nitrogens with zero attached hydrogens (tertiary/aromatic N) is 3. The lowest BCUT2D eigenvalue weighted by atomic mass is 9.73. The number of hydrogen-bond donors (Lipinski definition) is 1. The van der Waals surface area contributed by atoms with Gasteiger partial charge in [-0.15, -0.1) is 0 Å². The van der Waals surface area contributed by atoms with E-state index in [1.807, 2.05) is 36.2 Å². The van der Waals surface area contributed by atoms with E-state index in [-0.39, 0.29) is 17.9 Å². The highest BCUT2D eigenvalue weighted by Gasteiger charge is 2.58. The quantitative estimate of drug-likeness (QED) is 0.934. The van der Waals surface area contributed by atoms with Gasteiger partial charge in [0.05, 0.1) is 24.0 Å². The Labute approximate surface area is 146 Å². The lowest BCUT2D eigenvalue weighted by Crippen LogP contribution is -2.49. The third-order valence-corrected chi connectivity index (χ3v) is 5.61. The average Bonchev–Trinajstić information content (AvgIpc) is 3.27. The predicted molar refractivity (Wildman–Crippen MR) is 94.3 cm³/mol. The summed E-state index contributed by atoms with van der Waals surface area (Å²) in [5.41, 5.74) is 1.83. The SMILES string of the molecule is CCC[C@@H]1N(C(=O)c2cncn2C)CC[C@]12C(=O)Nc1ccccc12. The molecule has 0 bridgehead atoms. The maximum atomic E-state index is 13.1. The van der Waals surface area contributed by atoms with Crippen LogP contribution in [0.15, 0.2) is 36.8 Å². The molecule has 1 spiro atoms. The van der Waals surface area contributed by atoms with Crippen LogP contribution < -0.4 is 5.32 Å². The smallest absolute Gasteiger partial charge is 0.272 e. The van der Waals surface area contributed by atoms with Crippen LogP contribution in [0.1, 0.15) is 42.2 Å². The lowest BCUT2D eigenvalue weighted by molar-refractivity contribution is -0.121. The summed E-state index contributed by atoms with van der Waals surface area (Å²) < 4.78 is 1.74. The van der Waals surface area contributed by atoms with Gasteiger partial charge in [-0.3, -0.25) is 9.59 Å². The van der Waals surface area contributed by atoms with Gasteiger partial charge < -0.3 is 14.8 Å². The van der Waals surface area contributed by atoms with Crippen LogP contribution in [-0.4, -0.2) is 38.9 Å². The van der Waals surface area contributed by atoms with E-state index in [1.54, 1.807) is 17.1 Å². The van der Waals surface area contributed by atoms with Gasteiger partial charge in [-0.2, -0.15) is 0 Å². The number of fused-ring (bicyclic) bond motifs is 2. The van der Waals surface area contributed by atoms with E-state index in [2.05, 4.69) is 17.2 Å². The molecule has 2 atom stereocenters. The maximum Gasteiger partial charge on any atom is 0.272 e. The summed E-state index contributed by atoms with van der Waals surface area (Å²) in [5.74, 6) is -0.0278. The summed E-state index contributed by atoms with van der Waals surface area (Å²) in [7, 11) is 1.82. The Morgan fingerprint density at radius 1 is 1.40 bits per heavy atom. The van der Waals surface area contributed by atoms with Crippen molar-refractivity contribution in [2.75, 3.05) is 11.9 Å². The molecule has 1 N–H and O–H groups in total. The number of amides is 2. The fraction of sp³-hybridized carbons (Fsp3) is 0.421. The van der Waals surface area contributed by atoms with Crippen LogP contribution in [0.4, 0.5) is 5.69 Å². The molecule has 25 heavy (non-hydrogen) atoms. The van der Waals surface area contributed by atoms with E-state index in [4.69, 9.17) is 0 Å². The van der Waals surface area contributed by atoms with Gasteiger partial charge in [0.15, 0.2) is 0 Å². The number of anilines is 1. The van der Waals surface area contributed by atoms with Crippen molar-refractivity contribution >= 4 is 17.5 Å². The van der Waals surface area contributed by atoms with E-state index >= 15 is 0 Å². The van der Waals surface area contributed by atoms with Crippen molar-refractivity contribution in [3.05, 3.63) is 48.0 Å². The zero-order chi connectivity index (χ0) is 17.6. The number of imidazole rings is 1. The summed E-state index contributed by atoms with van der Waals surface area (Å²) in [6, 6.07) is 7.73. The predicted octanol–water partition coefficient (Wildman–Crippen LogP) is 2.32. The summed E-state index contributed by atoms with van der Waals surface area (Å²) in [4.78, 5) is 32.0. The second-order valence-electron chi connectivity index (χ2n) is 6.91. The molecule has 1 aromatic carbocycles. The lowest BCUT2D eigenvalue weighted by Gasteiger charge is -2.34. The molecule has 1 aromatic heterocycles. The van der Waals surface area contributed by atoms with Gasteiger partial charge in [0.2, 0.25) is 5.91 Å². The average molecular weight is 338 g/mol. The molecule has 6 nitrogen and oxygen atoms in total. The molecule has 130 valence electrons. The molecule has 2 aliphatic heterocycles. The van der Waals surface area contributed by atoms with Crippen molar-refractivity contribution in [2.24, 2.45) is 7.05 Å². The molecule has 1 fully saturated rings. The molecule has 0 saturated carbocycles.